The van der Waals surface area contributed by atoms with Gasteiger partial charge in [0, 0.05) is 26.1 Å². The van der Waals surface area contributed by atoms with Crippen LogP contribution in [0.4, 0.5) is 0 Å². The molecule has 1 amide bonds. The number of benzene rings is 1. The Bertz CT molecular complexity index is 833. The first-order valence-corrected chi connectivity index (χ1v) is 9.71. The highest BCUT2D eigenvalue weighted by Crippen LogP contribution is 2.33. The molecular formula is C20H26N4O2. The average Bonchev–Trinajstić information content (AvgIpc) is 3.29. The number of carbonyl (C=O) groups excluding carboxylic acids is 1. The summed E-state index contributed by atoms with van der Waals surface area (Å²) in [4.78, 5) is 27.6. The lowest BCUT2D eigenvalue weighted by Gasteiger charge is -2.36. The van der Waals surface area contributed by atoms with Crippen LogP contribution in [0.2, 0.25) is 0 Å². The summed E-state index contributed by atoms with van der Waals surface area (Å²) in [6, 6.07) is 9.68. The van der Waals surface area contributed by atoms with Crippen molar-refractivity contribution in [2.75, 3.05) is 6.54 Å². The molecule has 1 saturated carbocycles. The zero-order chi connectivity index (χ0) is 18.1. The minimum absolute atomic E-state index is 0.0775. The Morgan fingerprint density at radius 2 is 1.88 bits per heavy atom. The first kappa shape index (κ1) is 17.1. The number of aromatic nitrogens is 3. The van der Waals surface area contributed by atoms with Gasteiger partial charge < -0.3 is 4.90 Å². The number of hydrogen-bond donors (Lipinski definition) is 0. The normalized spacial score (nSPS) is 20.3. The lowest BCUT2D eigenvalue weighted by molar-refractivity contribution is -0.135. The van der Waals surface area contributed by atoms with Gasteiger partial charge in [0.1, 0.15) is 6.04 Å². The Kier molecular flexibility index (Phi) is 4.66. The van der Waals surface area contributed by atoms with Crippen molar-refractivity contribution >= 4 is 5.91 Å². The van der Waals surface area contributed by atoms with Crippen molar-refractivity contribution in [3.63, 3.8) is 0 Å². The Balaban J connectivity index is 1.71. The molecule has 26 heavy (non-hydrogen) atoms. The highest BCUT2D eigenvalue weighted by molar-refractivity contribution is 5.77. The second-order valence-electron chi connectivity index (χ2n) is 7.36. The summed E-state index contributed by atoms with van der Waals surface area (Å²) < 4.78 is 3.23. The number of rotatable bonds is 4. The van der Waals surface area contributed by atoms with Gasteiger partial charge in [-0.3, -0.25) is 9.36 Å². The molecule has 1 aromatic heterocycles. The second-order valence-corrected chi connectivity index (χ2v) is 7.36. The van der Waals surface area contributed by atoms with E-state index in [4.69, 9.17) is 0 Å². The molecule has 2 aliphatic rings. The van der Waals surface area contributed by atoms with E-state index in [1.54, 1.807) is 4.57 Å². The minimum Gasteiger partial charge on any atom is -0.327 e. The van der Waals surface area contributed by atoms with Crippen molar-refractivity contribution in [1.82, 2.24) is 19.2 Å². The molecule has 6 heteroatoms. The summed E-state index contributed by atoms with van der Waals surface area (Å²) >= 11 is 0. The van der Waals surface area contributed by atoms with Crippen molar-refractivity contribution < 1.29 is 4.79 Å². The summed E-state index contributed by atoms with van der Waals surface area (Å²) in [5.74, 6) is 1.39. The number of fused-ring (bicyclic) bond motifs is 1. The predicted octanol–water partition coefficient (Wildman–Crippen LogP) is 2.58. The number of hydrogen-bond acceptors (Lipinski definition) is 3. The largest absolute Gasteiger partial charge is 0.346 e. The molecule has 1 aliphatic carbocycles. The Morgan fingerprint density at radius 1 is 1.15 bits per heavy atom. The number of nitrogens with zero attached hydrogens (tertiary/aromatic N) is 4. The molecule has 1 aliphatic heterocycles. The van der Waals surface area contributed by atoms with E-state index in [0.29, 0.717) is 37.8 Å². The third kappa shape index (κ3) is 2.97. The zero-order valence-electron chi connectivity index (χ0n) is 15.3. The van der Waals surface area contributed by atoms with Crippen molar-refractivity contribution in [2.45, 2.75) is 58.2 Å². The third-order valence-corrected chi connectivity index (χ3v) is 5.75. The zero-order valence-corrected chi connectivity index (χ0v) is 15.3. The molecule has 6 nitrogen and oxygen atoms in total. The van der Waals surface area contributed by atoms with Crippen molar-refractivity contribution in [2.24, 2.45) is 5.92 Å². The fourth-order valence-corrected chi connectivity index (χ4v) is 4.36. The number of amides is 1. The van der Waals surface area contributed by atoms with E-state index in [1.165, 1.54) is 17.5 Å². The molecule has 0 bridgehead atoms. The van der Waals surface area contributed by atoms with E-state index >= 15 is 0 Å². The molecule has 2 heterocycles. The molecule has 1 aromatic carbocycles. The maximum absolute atomic E-state index is 13.1. The van der Waals surface area contributed by atoms with Gasteiger partial charge in [0.2, 0.25) is 5.91 Å². The van der Waals surface area contributed by atoms with Crippen LogP contribution >= 0.6 is 0 Å². The summed E-state index contributed by atoms with van der Waals surface area (Å²) in [6.07, 6.45) is 5.40. The molecule has 4 rings (SSSR count). The SMILES string of the molecule is CCn1nc2n(c1=O)CCN(C(=O)CC1CCCC1)C2c1ccccc1. The fourth-order valence-electron chi connectivity index (χ4n) is 4.36. The maximum atomic E-state index is 13.1. The highest BCUT2D eigenvalue weighted by atomic mass is 16.2. The molecule has 0 spiro atoms. The van der Waals surface area contributed by atoms with Crippen LogP contribution in [-0.4, -0.2) is 31.7 Å². The van der Waals surface area contributed by atoms with Gasteiger partial charge in [-0.2, -0.15) is 5.10 Å². The first-order chi connectivity index (χ1) is 12.7. The van der Waals surface area contributed by atoms with Crippen LogP contribution in [0.3, 0.4) is 0 Å². The quantitative estimate of drug-likeness (QED) is 0.848. The predicted molar refractivity (Wildman–Crippen MR) is 98.7 cm³/mol. The smallest absolute Gasteiger partial charge is 0.327 e. The van der Waals surface area contributed by atoms with Crippen LogP contribution < -0.4 is 5.69 Å². The van der Waals surface area contributed by atoms with Crippen LogP contribution in [-0.2, 0) is 17.9 Å². The highest BCUT2D eigenvalue weighted by Gasteiger charge is 2.36. The van der Waals surface area contributed by atoms with Gasteiger partial charge in [-0.15, -0.1) is 0 Å². The van der Waals surface area contributed by atoms with E-state index in [1.807, 2.05) is 42.2 Å². The summed E-state index contributed by atoms with van der Waals surface area (Å²) in [6.45, 7) is 3.54. The van der Waals surface area contributed by atoms with Crippen molar-refractivity contribution in [3.05, 3.63) is 52.2 Å². The lowest BCUT2D eigenvalue weighted by atomic mass is 9.99. The topological polar surface area (TPSA) is 60.1 Å². The fraction of sp³-hybridized carbons (Fsp3) is 0.550. The number of carbonyl (C=O) groups is 1. The third-order valence-electron chi connectivity index (χ3n) is 5.75. The van der Waals surface area contributed by atoms with E-state index < -0.39 is 0 Å². The van der Waals surface area contributed by atoms with E-state index in [2.05, 4.69) is 5.10 Å². The summed E-state index contributed by atoms with van der Waals surface area (Å²) in [5, 5.41) is 4.56. The van der Waals surface area contributed by atoms with Gasteiger partial charge >= 0.3 is 5.69 Å². The average molecular weight is 354 g/mol. The van der Waals surface area contributed by atoms with Crippen LogP contribution in [0.1, 0.15) is 56.5 Å². The van der Waals surface area contributed by atoms with E-state index in [0.717, 1.165) is 18.4 Å². The molecule has 0 saturated heterocycles. The standard InChI is InChI=1S/C20H26N4O2/c1-2-24-20(26)23-13-12-22(17(25)14-15-8-6-7-9-15)18(19(23)21-24)16-10-4-3-5-11-16/h3-5,10-11,15,18H,2,6-9,12-14H2,1H3. The van der Waals surface area contributed by atoms with Gasteiger partial charge in [-0.05, 0) is 31.2 Å². The van der Waals surface area contributed by atoms with Gasteiger partial charge in [0.25, 0.3) is 0 Å². The Labute approximate surface area is 153 Å². The maximum Gasteiger partial charge on any atom is 0.346 e. The van der Waals surface area contributed by atoms with Crippen LogP contribution in [0, 0.1) is 5.92 Å². The van der Waals surface area contributed by atoms with Crippen molar-refractivity contribution in [3.8, 4) is 0 Å². The van der Waals surface area contributed by atoms with Gasteiger partial charge in [-0.25, -0.2) is 9.48 Å². The Morgan fingerprint density at radius 3 is 2.58 bits per heavy atom. The second kappa shape index (κ2) is 7.09. The van der Waals surface area contributed by atoms with E-state index in [-0.39, 0.29) is 17.6 Å². The Hall–Kier alpha value is -2.37. The summed E-state index contributed by atoms with van der Waals surface area (Å²) in [5.41, 5.74) is 0.938. The molecule has 1 unspecified atom stereocenters. The van der Waals surface area contributed by atoms with Crippen molar-refractivity contribution in [1.29, 1.82) is 0 Å². The van der Waals surface area contributed by atoms with E-state index in [9.17, 15) is 9.59 Å². The first-order valence-electron chi connectivity index (χ1n) is 9.71. The minimum atomic E-state index is -0.278. The molecule has 0 N–H and O–H groups in total. The van der Waals surface area contributed by atoms with Gasteiger partial charge in [-0.1, -0.05) is 43.2 Å². The molecule has 1 atom stereocenters. The van der Waals surface area contributed by atoms with Crippen LogP contribution in [0.25, 0.3) is 0 Å². The molecule has 0 radical (unpaired) electrons. The van der Waals surface area contributed by atoms with Crippen LogP contribution in [0.15, 0.2) is 35.1 Å². The molecular weight excluding hydrogens is 328 g/mol. The van der Waals surface area contributed by atoms with Gasteiger partial charge in [0.05, 0.1) is 0 Å². The molecule has 1 fully saturated rings. The monoisotopic (exact) mass is 354 g/mol. The lowest BCUT2D eigenvalue weighted by Crippen LogP contribution is -2.45. The van der Waals surface area contributed by atoms with Crippen LogP contribution in [0.5, 0.6) is 0 Å². The summed E-state index contributed by atoms with van der Waals surface area (Å²) in [7, 11) is 0. The van der Waals surface area contributed by atoms with Gasteiger partial charge in [0.15, 0.2) is 5.82 Å². The molecule has 2 aromatic rings. The molecule has 138 valence electrons. The number of aryl methyl sites for hydroxylation is 1.